The van der Waals surface area contributed by atoms with Crippen LogP contribution in [0.25, 0.3) is 22.2 Å². The van der Waals surface area contributed by atoms with Gasteiger partial charge < -0.3 is 30.7 Å². The number of nitrogen functional groups attached to an aromatic ring is 1. The van der Waals surface area contributed by atoms with Crippen LogP contribution >= 0.6 is 0 Å². The van der Waals surface area contributed by atoms with Gasteiger partial charge in [0.05, 0.1) is 29.4 Å². The number of anilines is 2. The SMILES string of the molecule is Cc1nc(N)cc(-c2nc3c4c(nc(OCC5(CN6CC7(CCC7(F)F)C6)CC5)nc4c2F)NCCNCCC(C)O3)c1C(F)(F)F. The summed E-state index contributed by atoms with van der Waals surface area (Å²) in [6.45, 7) is 5.87. The van der Waals surface area contributed by atoms with E-state index in [2.05, 4.69) is 30.6 Å². The van der Waals surface area contributed by atoms with Crippen molar-refractivity contribution in [1.82, 2.24) is 30.2 Å². The maximum absolute atomic E-state index is 16.6. The number of hydrogen-bond acceptors (Lipinski definition) is 10. The molecule has 5 heterocycles. The van der Waals surface area contributed by atoms with Gasteiger partial charge in [-0.25, -0.2) is 23.1 Å². The van der Waals surface area contributed by atoms with Gasteiger partial charge in [-0.2, -0.15) is 23.1 Å². The Morgan fingerprint density at radius 3 is 2.49 bits per heavy atom. The highest BCUT2D eigenvalue weighted by Crippen LogP contribution is 2.60. The van der Waals surface area contributed by atoms with Crippen LogP contribution in [-0.4, -0.2) is 82.7 Å². The average molecular weight is 667 g/mol. The zero-order valence-corrected chi connectivity index (χ0v) is 26.0. The number of pyridine rings is 2. The van der Waals surface area contributed by atoms with Gasteiger partial charge in [0.25, 0.3) is 5.92 Å². The molecule has 1 unspecified atom stereocenters. The van der Waals surface area contributed by atoms with Crippen molar-refractivity contribution in [2.24, 2.45) is 10.8 Å². The van der Waals surface area contributed by atoms with E-state index < -0.39 is 51.9 Å². The highest BCUT2D eigenvalue weighted by atomic mass is 19.4. The summed E-state index contributed by atoms with van der Waals surface area (Å²) in [5, 5.41) is 6.47. The maximum Gasteiger partial charge on any atom is 0.418 e. The van der Waals surface area contributed by atoms with E-state index in [0.29, 0.717) is 52.1 Å². The van der Waals surface area contributed by atoms with Gasteiger partial charge in [0.15, 0.2) is 5.82 Å². The summed E-state index contributed by atoms with van der Waals surface area (Å²) >= 11 is 0. The molecule has 254 valence electrons. The zero-order chi connectivity index (χ0) is 33.4. The quantitative estimate of drug-likeness (QED) is 0.303. The van der Waals surface area contributed by atoms with E-state index in [-0.39, 0.29) is 52.9 Å². The number of nitrogens with two attached hydrogens (primary N) is 1. The number of rotatable bonds is 6. The molecular formula is C31H36F6N8O2. The lowest BCUT2D eigenvalue weighted by Crippen LogP contribution is -2.70. The largest absolute Gasteiger partial charge is 0.474 e. The Hall–Kier alpha value is -3.66. The summed E-state index contributed by atoms with van der Waals surface area (Å²) in [5.41, 5.74) is 1.46. The molecular weight excluding hydrogens is 630 g/mol. The van der Waals surface area contributed by atoms with Crippen LogP contribution in [0.4, 0.5) is 38.0 Å². The Morgan fingerprint density at radius 1 is 1.06 bits per heavy atom. The molecule has 1 spiro atoms. The first-order chi connectivity index (χ1) is 22.2. The van der Waals surface area contributed by atoms with E-state index in [9.17, 15) is 22.0 Å². The first-order valence-corrected chi connectivity index (χ1v) is 15.8. The van der Waals surface area contributed by atoms with E-state index in [1.165, 1.54) is 0 Å². The topological polar surface area (TPSA) is 123 Å². The normalized spacial score (nSPS) is 23.2. The zero-order valence-electron chi connectivity index (χ0n) is 26.0. The Balaban J connectivity index is 1.26. The van der Waals surface area contributed by atoms with Crippen molar-refractivity contribution >= 4 is 22.5 Å². The molecule has 2 aliphatic heterocycles. The smallest absolute Gasteiger partial charge is 0.418 e. The molecule has 3 aromatic heterocycles. The van der Waals surface area contributed by atoms with Crippen LogP contribution in [0.15, 0.2) is 6.07 Å². The molecule has 1 atom stereocenters. The lowest BCUT2D eigenvalue weighted by Gasteiger charge is -2.60. The van der Waals surface area contributed by atoms with Gasteiger partial charge in [0, 0.05) is 50.1 Å². The lowest BCUT2D eigenvalue weighted by atomic mass is 9.60. The van der Waals surface area contributed by atoms with E-state index in [4.69, 9.17) is 15.2 Å². The molecule has 4 aliphatic rings. The molecule has 3 fully saturated rings. The molecule has 1 saturated heterocycles. The molecule has 16 heteroatoms. The summed E-state index contributed by atoms with van der Waals surface area (Å²) in [5.74, 6) is -3.98. The van der Waals surface area contributed by atoms with Crippen molar-refractivity contribution in [2.45, 2.75) is 64.2 Å². The molecule has 0 amide bonds. The number of ether oxygens (including phenoxy) is 2. The number of hydrogen-bond donors (Lipinski definition) is 3. The minimum atomic E-state index is -4.89. The fourth-order valence-electron chi connectivity index (χ4n) is 6.96. The van der Waals surface area contributed by atoms with Gasteiger partial charge in [0.1, 0.15) is 28.2 Å². The predicted octanol–water partition coefficient (Wildman–Crippen LogP) is 5.20. The van der Waals surface area contributed by atoms with Gasteiger partial charge in [0.2, 0.25) is 5.88 Å². The van der Waals surface area contributed by atoms with Crippen LogP contribution in [0.2, 0.25) is 0 Å². The number of likely N-dealkylation sites (tertiary alicyclic amines) is 1. The van der Waals surface area contributed by atoms with Crippen molar-refractivity contribution in [3.63, 3.8) is 0 Å². The summed E-state index contributed by atoms with van der Waals surface area (Å²) in [7, 11) is 0. The molecule has 4 N–H and O–H groups in total. The maximum atomic E-state index is 16.6. The lowest BCUT2D eigenvalue weighted by molar-refractivity contribution is -0.260. The summed E-state index contributed by atoms with van der Waals surface area (Å²) in [4.78, 5) is 19.0. The second-order valence-corrected chi connectivity index (χ2v) is 13.5. The second-order valence-electron chi connectivity index (χ2n) is 13.5. The Kier molecular flexibility index (Phi) is 7.61. The summed E-state index contributed by atoms with van der Waals surface area (Å²) < 4.78 is 99.8. The summed E-state index contributed by atoms with van der Waals surface area (Å²) in [6.07, 6.45) is -2.69. The van der Waals surface area contributed by atoms with E-state index in [0.717, 1.165) is 25.8 Å². The molecule has 2 aliphatic carbocycles. The monoisotopic (exact) mass is 666 g/mol. The standard InChI is InChI=1S/C31H36F6N8O2/c1-16-3-8-39-9-10-40-25-20-24(22(32)23(42-26(20)47-16)18-11-19(38)41-17(2)21(18)31(35,36)37)43-27(44-25)46-15-28(4-5-28)12-45-13-29(14-45)6-7-30(29,33)34/h11,16,39H,3-10,12-15H2,1-2H3,(H2,38,41)(H,40,43,44). The van der Waals surface area contributed by atoms with Crippen LogP contribution < -0.4 is 25.8 Å². The van der Waals surface area contributed by atoms with Gasteiger partial charge in [-0.3, -0.25) is 0 Å². The Bertz CT molecular complexity index is 1710. The van der Waals surface area contributed by atoms with Gasteiger partial charge in [-0.05, 0) is 52.1 Å². The number of nitrogens with zero attached hydrogens (tertiary/aromatic N) is 5. The number of aryl methyl sites for hydroxylation is 1. The molecule has 0 aromatic carbocycles. The van der Waals surface area contributed by atoms with Crippen molar-refractivity contribution in [2.75, 3.05) is 56.9 Å². The molecule has 0 radical (unpaired) electrons. The predicted molar refractivity (Wildman–Crippen MR) is 161 cm³/mol. The fraction of sp³-hybridized carbons (Fsp3) is 0.613. The molecule has 3 aromatic rings. The van der Waals surface area contributed by atoms with E-state index in [1.807, 2.05) is 4.90 Å². The third-order valence-electron chi connectivity index (χ3n) is 9.89. The number of aromatic nitrogens is 4. The van der Waals surface area contributed by atoms with Gasteiger partial charge >= 0.3 is 12.2 Å². The van der Waals surface area contributed by atoms with Crippen LogP contribution in [0.1, 0.15) is 50.3 Å². The number of halogens is 6. The molecule has 10 nitrogen and oxygen atoms in total. The highest BCUT2D eigenvalue weighted by molar-refractivity contribution is 5.96. The number of alkyl halides is 5. The Labute approximate surface area is 266 Å². The van der Waals surface area contributed by atoms with Crippen molar-refractivity contribution in [3.05, 3.63) is 23.1 Å². The molecule has 0 bridgehead atoms. The fourth-order valence-corrected chi connectivity index (χ4v) is 6.96. The highest BCUT2D eigenvalue weighted by Gasteiger charge is 2.67. The van der Waals surface area contributed by atoms with Crippen LogP contribution in [-0.2, 0) is 6.18 Å². The van der Waals surface area contributed by atoms with Crippen molar-refractivity contribution in [1.29, 1.82) is 0 Å². The molecule has 2 saturated carbocycles. The minimum Gasteiger partial charge on any atom is -0.474 e. The third kappa shape index (κ3) is 5.76. The van der Waals surface area contributed by atoms with Crippen molar-refractivity contribution < 1.29 is 35.8 Å². The van der Waals surface area contributed by atoms with Crippen LogP contribution in [0, 0.1) is 23.6 Å². The van der Waals surface area contributed by atoms with Gasteiger partial charge in [-0.1, -0.05) is 0 Å². The third-order valence-corrected chi connectivity index (χ3v) is 9.89. The van der Waals surface area contributed by atoms with Crippen molar-refractivity contribution in [3.8, 4) is 23.1 Å². The average Bonchev–Trinajstić information content (AvgIpc) is 3.74. The molecule has 7 rings (SSSR count). The van der Waals surface area contributed by atoms with Crippen LogP contribution in [0.3, 0.4) is 0 Å². The Morgan fingerprint density at radius 2 is 1.83 bits per heavy atom. The molecule has 47 heavy (non-hydrogen) atoms. The van der Waals surface area contributed by atoms with Crippen LogP contribution in [0.5, 0.6) is 11.9 Å². The summed E-state index contributed by atoms with van der Waals surface area (Å²) in [6, 6.07) is 0.753. The minimum absolute atomic E-state index is 0.0631. The first-order valence-electron chi connectivity index (χ1n) is 15.8. The number of nitrogens with one attached hydrogen (secondary N) is 2. The van der Waals surface area contributed by atoms with Gasteiger partial charge in [-0.15, -0.1) is 0 Å². The van der Waals surface area contributed by atoms with E-state index >= 15 is 4.39 Å². The first kappa shape index (κ1) is 31.9. The van der Waals surface area contributed by atoms with E-state index in [1.54, 1.807) is 6.92 Å². The second kappa shape index (κ2) is 11.2.